The number of rotatable bonds is 8. The van der Waals surface area contributed by atoms with Crippen molar-refractivity contribution in [3.63, 3.8) is 0 Å². The van der Waals surface area contributed by atoms with Gasteiger partial charge in [0.1, 0.15) is 23.7 Å². The van der Waals surface area contributed by atoms with E-state index < -0.39 is 11.7 Å². The van der Waals surface area contributed by atoms with E-state index in [1.54, 1.807) is 52.1 Å². The molecule has 3 N–H and O–H groups in total. The molecule has 0 bridgehead atoms. The van der Waals surface area contributed by atoms with Gasteiger partial charge in [0.2, 0.25) is 0 Å². The molecule has 3 amide bonds. The van der Waals surface area contributed by atoms with E-state index in [9.17, 15) is 9.59 Å². The summed E-state index contributed by atoms with van der Waals surface area (Å²) in [6.07, 6.45) is -0.511. The second-order valence-corrected chi connectivity index (χ2v) is 6.14. The minimum absolute atomic E-state index is 0.282. The summed E-state index contributed by atoms with van der Waals surface area (Å²) in [6.45, 7) is 6.63. The molecular weight excluding hydrogens is 326 g/mol. The van der Waals surface area contributed by atoms with Crippen LogP contribution in [0, 0.1) is 0 Å². The molecule has 0 atom stereocenters. The number of hydrogen-bond acceptors (Lipinski definition) is 5. The van der Waals surface area contributed by atoms with Crippen LogP contribution in [0.15, 0.2) is 24.3 Å². The predicted molar refractivity (Wildman–Crippen MR) is 94.1 cm³/mol. The lowest BCUT2D eigenvalue weighted by Crippen LogP contribution is -2.42. The zero-order valence-electron chi connectivity index (χ0n) is 15.2. The van der Waals surface area contributed by atoms with Gasteiger partial charge in [0.05, 0.1) is 13.7 Å². The van der Waals surface area contributed by atoms with E-state index in [4.69, 9.17) is 14.2 Å². The lowest BCUT2D eigenvalue weighted by Gasteiger charge is -2.19. The van der Waals surface area contributed by atoms with Gasteiger partial charge in [-0.3, -0.25) is 0 Å². The molecule has 0 unspecified atom stereocenters. The van der Waals surface area contributed by atoms with Crippen LogP contribution in [0.4, 0.5) is 9.59 Å². The van der Waals surface area contributed by atoms with Crippen LogP contribution in [-0.2, 0) is 4.74 Å². The minimum atomic E-state index is -0.543. The Morgan fingerprint density at radius 1 is 0.920 bits per heavy atom. The van der Waals surface area contributed by atoms with Crippen molar-refractivity contribution >= 4 is 12.1 Å². The molecule has 0 saturated heterocycles. The van der Waals surface area contributed by atoms with Crippen LogP contribution in [0.1, 0.15) is 20.8 Å². The average Bonchev–Trinajstić information content (AvgIpc) is 2.54. The maximum absolute atomic E-state index is 11.6. The third kappa shape index (κ3) is 9.95. The van der Waals surface area contributed by atoms with Crippen LogP contribution in [0.2, 0.25) is 0 Å². The normalized spacial score (nSPS) is 10.6. The molecule has 8 nitrogen and oxygen atoms in total. The molecule has 0 spiro atoms. The summed E-state index contributed by atoms with van der Waals surface area (Å²) in [5.41, 5.74) is -0.543. The second kappa shape index (κ2) is 10.3. The molecule has 0 radical (unpaired) electrons. The lowest BCUT2D eigenvalue weighted by atomic mass is 10.2. The summed E-state index contributed by atoms with van der Waals surface area (Å²) in [7, 11) is 1.60. The molecule has 0 aliphatic carbocycles. The van der Waals surface area contributed by atoms with Gasteiger partial charge >= 0.3 is 12.1 Å². The van der Waals surface area contributed by atoms with Crippen molar-refractivity contribution in [2.45, 2.75) is 26.4 Å². The van der Waals surface area contributed by atoms with Crippen LogP contribution in [-0.4, -0.2) is 51.1 Å². The molecule has 140 valence electrons. The van der Waals surface area contributed by atoms with Gasteiger partial charge in [0, 0.05) is 13.1 Å². The molecule has 0 aliphatic heterocycles. The molecule has 1 aromatic carbocycles. The number of ether oxygens (including phenoxy) is 3. The maximum atomic E-state index is 11.6. The third-order valence-corrected chi connectivity index (χ3v) is 2.79. The molecule has 0 saturated carbocycles. The van der Waals surface area contributed by atoms with E-state index in [2.05, 4.69) is 16.0 Å². The third-order valence-electron chi connectivity index (χ3n) is 2.79. The first-order valence-electron chi connectivity index (χ1n) is 8.05. The average molecular weight is 353 g/mol. The Bertz CT molecular complexity index is 540. The minimum Gasteiger partial charge on any atom is -0.497 e. The van der Waals surface area contributed by atoms with Crippen molar-refractivity contribution in [1.29, 1.82) is 0 Å². The van der Waals surface area contributed by atoms with E-state index in [1.165, 1.54) is 0 Å². The number of amides is 3. The number of benzene rings is 1. The number of methoxy groups -OCH3 is 1. The quantitative estimate of drug-likeness (QED) is 0.620. The monoisotopic (exact) mass is 353 g/mol. The Labute approximate surface area is 148 Å². The SMILES string of the molecule is COc1ccc(OCCNC(=O)NCCNC(=O)OC(C)(C)C)cc1. The summed E-state index contributed by atoms with van der Waals surface area (Å²) in [4.78, 5) is 23.0. The maximum Gasteiger partial charge on any atom is 0.407 e. The molecule has 8 heteroatoms. The Balaban J connectivity index is 2.06. The van der Waals surface area contributed by atoms with Gasteiger partial charge in [0.25, 0.3) is 0 Å². The molecule has 0 fully saturated rings. The van der Waals surface area contributed by atoms with Crippen molar-refractivity contribution in [2.75, 3.05) is 33.4 Å². The number of carbonyl (C=O) groups excluding carboxylic acids is 2. The lowest BCUT2D eigenvalue weighted by molar-refractivity contribution is 0.0528. The fourth-order valence-electron chi connectivity index (χ4n) is 1.72. The second-order valence-electron chi connectivity index (χ2n) is 6.14. The number of nitrogens with one attached hydrogen (secondary N) is 3. The van der Waals surface area contributed by atoms with Crippen molar-refractivity contribution < 1.29 is 23.8 Å². The molecule has 0 heterocycles. The van der Waals surface area contributed by atoms with E-state index in [1.807, 2.05) is 0 Å². The molecule has 1 rings (SSSR count). The number of alkyl carbamates (subject to hydrolysis) is 1. The van der Waals surface area contributed by atoms with E-state index in [-0.39, 0.29) is 12.6 Å². The van der Waals surface area contributed by atoms with E-state index in [0.29, 0.717) is 25.4 Å². The summed E-state index contributed by atoms with van der Waals surface area (Å²) in [5.74, 6) is 1.45. The summed E-state index contributed by atoms with van der Waals surface area (Å²) >= 11 is 0. The van der Waals surface area contributed by atoms with Crippen molar-refractivity contribution in [3.05, 3.63) is 24.3 Å². The Kier molecular flexibility index (Phi) is 8.38. The van der Waals surface area contributed by atoms with Crippen LogP contribution in [0.5, 0.6) is 11.5 Å². The highest BCUT2D eigenvalue weighted by Crippen LogP contribution is 2.16. The van der Waals surface area contributed by atoms with Crippen LogP contribution < -0.4 is 25.4 Å². The number of urea groups is 1. The van der Waals surface area contributed by atoms with Gasteiger partial charge in [0.15, 0.2) is 0 Å². The van der Waals surface area contributed by atoms with Gasteiger partial charge in [-0.2, -0.15) is 0 Å². The van der Waals surface area contributed by atoms with E-state index >= 15 is 0 Å². The van der Waals surface area contributed by atoms with Crippen molar-refractivity contribution in [1.82, 2.24) is 16.0 Å². The number of carbonyl (C=O) groups is 2. The van der Waals surface area contributed by atoms with Gasteiger partial charge in [-0.05, 0) is 45.0 Å². The van der Waals surface area contributed by atoms with Crippen LogP contribution >= 0.6 is 0 Å². The first-order valence-corrected chi connectivity index (χ1v) is 8.05. The van der Waals surface area contributed by atoms with Gasteiger partial charge in [-0.15, -0.1) is 0 Å². The molecule has 0 aromatic heterocycles. The van der Waals surface area contributed by atoms with Gasteiger partial charge in [-0.1, -0.05) is 0 Å². The first-order chi connectivity index (χ1) is 11.8. The van der Waals surface area contributed by atoms with Gasteiger partial charge in [-0.25, -0.2) is 9.59 Å². The topological polar surface area (TPSA) is 97.9 Å². The highest BCUT2D eigenvalue weighted by Gasteiger charge is 2.15. The summed E-state index contributed by atoms with van der Waals surface area (Å²) < 4.78 is 15.6. The van der Waals surface area contributed by atoms with E-state index in [0.717, 1.165) is 5.75 Å². The number of hydrogen-bond donors (Lipinski definition) is 3. The van der Waals surface area contributed by atoms with Crippen molar-refractivity contribution in [3.8, 4) is 11.5 Å². The molecular formula is C17H27N3O5. The smallest absolute Gasteiger partial charge is 0.407 e. The zero-order valence-corrected chi connectivity index (χ0v) is 15.2. The first kappa shape index (κ1) is 20.4. The fourth-order valence-corrected chi connectivity index (χ4v) is 1.72. The Morgan fingerprint density at radius 3 is 2.08 bits per heavy atom. The fraction of sp³-hybridized carbons (Fsp3) is 0.529. The molecule has 25 heavy (non-hydrogen) atoms. The zero-order chi connectivity index (χ0) is 18.7. The molecule has 1 aromatic rings. The Hall–Kier alpha value is -2.64. The van der Waals surface area contributed by atoms with Crippen LogP contribution in [0.25, 0.3) is 0 Å². The van der Waals surface area contributed by atoms with Crippen molar-refractivity contribution in [2.24, 2.45) is 0 Å². The highest BCUT2D eigenvalue weighted by atomic mass is 16.6. The van der Waals surface area contributed by atoms with Crippen LogP contribution in [0.3, 0.4) is 0 Å². The summed E-state index contributed by atoms with van der Waals surface area (Å²) in [6, 6.07) is 6.85. The highest BCUT2D eigenvalue weighted by molar-refractivity contribution is 5.74. The summed E-state index contributed by atoms with van der Waals surface area (Å²) in [5, 5.41) is 7.83. The van der Waals surface area contributed by atoms with Gasteiger partial charge < -0.3 is 30.2 Å². The standard InChI is InChI=1S/C17H27N3O5/c1-17(2,3)25-16(22)20-10-9-18-15(21)19-11-12-24-14-7-5-13(23-4)6-8-14/h5-8H,9-12H2,1-4H3,(H,20,22)(H2,18,19,21). The molecule has 0 aliphatic rings. The Morgan fingerprint density at radius 2 is 1.48 bits per heavy atom. The largest absolute Gasteiger partial charge is 0.497 e. The predicted octanol–water partition coefficient (Wildman–Crippen LogP) is 1.90.